The van der Waals surface area contributed by atoms with Crippen molar-refractivity contribution in [2.24, 2.45) is 4.99 Å². The molecule has 0 saturated carbocycles. The second-order valence-electron chi connectivity index (χ2n) is 5.58. The molecule has 0 aliphatic heterocycles. The summed E-state index contributed by atoms with van der Waals surface area (Å²) in [4.78, 5) is 16.2. The highest BCUT2D eigenvalue weighted by molar-refractivity contribution is 5.95. The number of nitrogens with one attached hydrogen (secondary N) is 3. The zero-order valence-electron chi connectivity index (χ0n) is 14.8. The molecular weight excluding hydrogens is 316 g/mol. The first-order valence-corrected chi connectivity index (χ1v) is 8.52. The van der Waals surface area contributed by atoms with E-state index in [1.54, 1.807) is 13.2 Å². The summed E-state index contributed by atoms with van der Waals surface area (Å²) in [5.41, 5.74) is 2.01. The predicted octanol–water partition coefficient (Wildman–Crippen LogP) is 1.64. The van der Waals surface area contributed by atoms with Gasteiger partial charge in [-0.1, -0.05) is 19.1 Å². The molecule has 134 valence electrons. The standard InChI is InChI=1S/C18H26N6O/c1-3-15-7-4-8-16(13-15)23-17(25)14-21-18(19-2)20-9-5-11-24-12-6-10-22-24/h4,6-8,10,12-13H,3,5,9,11,14H2,1-2H3,(H,23,25)(H2,19,20,21). The van der Waals surface area contributed by atoms with Gasteiger partial charge in [-0.15, -0.1) is 0 Å². The van der Waals surface area contributed by atoms with Crippen molar-refractivity contribution in [1.29, 1.82) is 0 Å². The summed E-state index contributed by atoms with van der Waals surface area (Å²) in [5.74, 6) is 0.505. The van der Waals surface area contributed by atoms with E-state index in [4.69, 9.17) is 0 Å². The molecule has 7 heteroatoms. The highest BCUT2D eigenvalue weighted by atomic mass is 16.1. The summed E-state index contributed by atoms with van der Waals surface area (Å²) in [5, 5.41) is 13.2. The summed E-state index contributed by atoms with van der Waals surface area (Å²) in [7, 11) is 1.69. The third-order valence-electron chi connectivity index (χ3n) is 3.67. The van der Waals surface area contributed by atoms with Gasteiger partial charge in [-0.25, -0.2) is 0 Å². The second kappa shape index (κ2) is 10.1. The molecule has 0 aliphatic carbocycles. The molecule has 0 unspecified atom stereocenters. The number of aryl methyl sites for hydroxylation is 2. The highest BCUT2D eigenvalue weighted by Gasteiger charge is 2.04. The quantitative estimate of drug-likeness (QED) is 0.387. The van der Waals surface area contributed by atoms with Crippen LogP contribution in [0.15, 0.2) is 47.7 Å². The average Bonchev–Trinajstić information content (AvgIpc) is 3.14. The largest absolute Gasteiger partial charge is 0.356 e. The Morgan fingerprint density at radius 1 is 1.28 bits per heavy atom. The predicted molar refractivity (Wildman–Crippen MR) is 101 cm³/mol. The van der Waals surface area contributed by atoms with Crippen molar-refractivity contribution in [2.45, 2.75) is 26.3 Å². The Kier molecular flexibility index (Phi) is 7.49. The Bertz CT molecular complexity index is 681. The van der Waals surface area contributed by atoms with Gasteiger partial charge in [-0.2, -0.15) is 5.10 Å². The van der Waals surface area contributed by atoms with Crippen molar-refractivity contribution in [3.63, 3.8) is 0 Å². The maximum absolute atomic E-state index is 12.0. The number of benzene rings is 1. The van der Waals surface area contributed by atoms with E-state index in [0.717, 1.165) is 31.6 Å². The van der Waals surface area contributed by atoms with Crippen LogP contribution in [0.2, 0.25) is 0 Å². The molecule has 0 aliphatic rings. The van der Waals surface area contributed by atoms with Crippen molar-refractivity contribution in [3.8, 4) is 0 Å². The van der Waals surface area contributed by atoms with Crippen LogP contribution in [0.5, 0.6) is 0 Å². The first-order chi connectivity index (χ1) is 12.2. The van der Waals surface area contributed by atoms with Crippen LogP contribution in [0, 0.1) is 0 Å². The zero-order valence-corrected chi connectivity index (χ0v) is 14.8. The Balaban J connectivity index is 1.67. The number of anilines is 1. The Morgan fingerprint density at radius 2 is 2.16 bits per heavy atom. The molecule has 0 radical (unpaired) electrons. The third kappa shape index (κ3) is 6.66. The maximum Gasteiger partial charge on any atom is 0.243 e. The Hall–Kier alpha value is -2.83. The SMILES string of the molecule is CCc1cccc(NC(=O)CNC(=NC)NCCCn2cccn2)c1. The molecule has 25 heavy (non-hydrogen) atoms. The number of guanidine groups is 1. The Morgan fingerprint density at radius 3 is 2.88 bits per heavy atom. The molecule has 0 spiro atoms. The molecule has 2 aromatic rings. The number of rotatable bonds is 8. The minimum atomic E-state index is -0.104. The van der Waals surface area contributed by atoms with Crippen molar-refractivity contribution in [1.82, 2.24) is 20.4 Å². The molecule has 1 amide bonds. The van der Waals surface area contributed by atoms with Crippen molar-refractivity contribution >= 4 is 17.6 Å². The number of carbonyl (C=O) groups excluding carboxylic acids is 1. The van der Waals surface area contributed by atoms with Crippen LogP contribution in [0.3, 0.4) is 0 Å². The van der Waals surface area contributed by atoms with Crippen molar-refractivity contribution < 1.29 is 4.79 Å². The highest BCUT2D eigenvalue weighted by Crippen LogP contribution is 2.10. The number of carbonyl (C=O) groups is 1. The molecule has 1 aromatic heterocycles. The fourth-order valence-corrected chi connectivity index (χ4v) is 2.34. The van der Waals surface area contributed by atoms with Gasteiger partial charge in [-0.05, 0) is 36.6 Å². The monoisotopic (exact) mass is 342 g/mol. The van der Waals surface area contributed by atoms with Gasteiger partial charge in [-0.3, -0.25) is 14.5 Å². The molecule has 2 rings (SSSR count). The molecule has 3 N–H and O–H groups in total. The van der Waals surface area contributed by atoms with Crippen LogP contribution >= 0.6 is 0 Å². The number of hydrogen-bond acceptors (Lipinski definition) is 3. The first kappa shape index (κ1) is 18.5. The first-order valence-electron chi connectivity index (χ1n) is 8.52. The van der Waals surface area contributed by atoms with Crippen LogP contribution in [0.1, 0.15) is 18.9 Å². The van der Waals surface area contributed by atoms with E-state index < -0.39 is 0 Å². The van der Waals surface area contributed by atoms with Crippen LogP contribution in [-0.2, 0) is 17.8 Å². The van der Waals surface area contributed by atoms with E-state index in [1.165, 1.54) is 5.56 Å². The van der Waals surface area contributed by atoms with Gasteiger partial charge in [0.15, 0.2) is 5.96 Å². The van der Waals surface area contributed by atoms with E-state index >= 15 is 0 Å². The van der Waals surface area contributed by atoms with E-state index in [9.17, 15) is 4.79 Å². The topological polar surface area (TPSA) is 83.3 Å². The minimum Gasteiger partial charge on any atom is -0.356 e. The molecular formula is C18H26N6O. The molecule has 1 aromatic carbocycles. The smallest absolute Gasteiger partial charge is 0.243 e. The lowest BCUT2D eigenvalue weighted by Crippen LogP contribution is -2.41. The fourth-order valence-electron chi connectivity index (χ4n) is 2.34. The van der Waals surface area contributed by atoms with E-state index in [-0.39, 0.29) is 12.5 Å². The summed E-state index contributed by atoms with van der Waals surface area (Å²) in [6, 6.07) is 9.77. The van der Waals surface area contributed by atoms with Crippen LogP contribution < -0.4 is 16.0 Å². The molecule has 0 bridgehead atoms. The summed E-state index contributed by atoms with van der Waals surface area (Å²) in [6.45, 7) is 3.84. The number of nitrogens with zero attached hydrogens (tertiary/aromatic N) is 3. The minimum absolute atomic E-state index is 0.104. The van der Waals surface area contributed by atoms with E-state index in [1.807, 2.05) is 41.2 Å². The van der Waals surface area contributed by atoms with Crippen molar-refractivity contribution in [2.75, 3.05) is 25.5 Å². The molecule has 0 saturated heterocycles. The number of aromatic nitrogens is 2. The van der Waals surface area contributed by atoms with Gasteiger partial charge in [0.25, 0.3) is 0 Å². The van der Waals surface area contributed by atoms with Crippen molar-refractivity contribution in [3.05, 3.63) is 48.3 Å². The van der Waals surface area contributed by atoms with E-state index in [0.29, 0.717) is 5.96 Å². The average molecular weight is 342 g/mol. The molecule has 1 heterocycles. The zero-order chi connectivity index (χ0) is 17.9. The van der Waals surface area contributed by atoms with Gasteiger partial charge in [0, 0.05) is 38.2 Å². The lowest BCUT2D eigenvalue weighted by atomic mass is 10.1. The summed E-state index contributed by atoms with van der Waals surface area (Å²) < 4.78 is 1.88. The fraction of sp³-hybridized carbons (Fsp3) is 0.389. The molecule has 0 atom stereocenters. The maximum atomic E-state index is 12.0. The van der Waals surface area contributed by atoms with Crippen LogP contribution in [0.4, 0.5) is 5.69 Å². The van der Waals surface area contributed by atoms with Gasteiger partial charge >= 0.3 is 0 Å². The van der Waals surface area contributed by atoms with Crippen LogP contribution in [-0.4, -0.2) is 41.8 Å². The third-order valence-corrected chi connectivity index (χ3v) is 3.67. The van der Waals surface area contributed by atoms with Gasteiger partial charge in [0.1, 0.15) is 0 Å². The summed E-state index contributed by atoms with van der Waals surface area (Å²) >= 11 is 0. The molecule has 7 nitrogen and oxygen atoms in total. The normalized spacial score (nSPS) is 11.2. The van der Waals surface area contributed by atoms with Gasteiger partial charge in [0.2, 0.25) is 5.91 Å². The molecule has 0 fully saturated rings. The van der Waals surface area contributed by atoms with E-state index in [2.05, 4.69) is 33.0 Å². The lowest BCUT2D eigenvalue weighted by molar-refractivity contribution is -0.115. The second-order valence-corrected chi connectivity index (χ2v) is 5.58. The van der Waals surface area contributed by atoms with Gasteiger partial charge < -0.3 is 16.0 Å². The number of hydrogen-bond donors (Lipinski definition) is 3. The summed E-state index contributed by atoms with van der Waals surface area (Å²) in [6.07, 6.45) is 5.56. The van der Waals surface area contributed by atoms with Crippen LogP contribution in [0.25, 0.3) is 0 Å². The Labute approximate surface area is 148 Å². The van der Waals surface area contributed by atoms with Gasteiger partial charge in [0.05, 0.1) is 6.54 Å². The number of amides is 1. The number of aliphatic imine (C=N–C) groups is 1. The lowest BCUT2D eigenvalue weighted by Gasteiger charge is -2.12.